The molecule has 0 saturated carbocycles. The number of benzene rings is 1. The van der Waals surface area contributed by atoms with E-state index in [9.17, 15) is 14.0 Å². The molecular weight excluding hydrogens is 349 g/mol. The fourth-order valence-electron chi connectivity index (χ4n) is 2.86. The largest absolute Gasteiger partial charge is 0.383 e. The first kappa shape index (κ1) is 17.1. The minimum atomic E-state index is -0.634. The molecule has 0 bridgehead atoms. The molecule has 0 unspecified atom stereocenters. The number of nitrogen functional groups attached to an aromatic ring is 1. The van der Waals surface area contributed by atoms with E-state index in [4.69, 9.17) is 23.1 Å². The van der Waals surface area contributed by atoms with E-state index in [0.29, 0.717) is 0 Å². The smallest absolute Gasteiger partial charge is 0.332 e. The van der Waals surface area contributed by atoms with Crippen molar-refractivity contribution in [2.45, 2.75) is 6.54 Å². The summed E-state index contributed by atoms with van der Waals surface area (Å²) in [6, 6.07) is 4.16. The molecule has 4 N–H and O–H groups in total. The van der Waals surface area contributed by atoms with Crippen molar-refractivity contribution in [3.63, 3.8) is 0 Å². The normalized spacial score (nSPS) is 11.2. The number of nitrogens with zero attached hydrogens (tertiary/aromatic N) is 3. The van der Waals surface area contributed by atoms with Gasteiger partial charge in [-0.1, -0.05) is 17.7 Å². The number of hydrogen-bond donors (Lipinski definition) is 2. The molecule has 0 fully saturated rings. The number of rotatable bonds is 2. The van der Waals surface area contributed by atoms with E-state index in [2.05, 4.69) is 4.98 Å². The lowest BCUT2D eigenvalue weighted by Crippen LogP contribution is -2.38. The van der Waals surface area contributed by atoms with E-state index in [0.717, 1.165) is 4.57 Å². The predicted molar refractivity (Wildman–Crippen MR) is 94.9 cm³/mol. The first-order valence-electron chi connectivity index (χ1n) is 7.32. The minimum Gasteiger partial charge on any atom is -0.383 e. The zero-order valence-electron chi connectivity index (χ0n) is 13.5. The van der Waals surface area contributed by atoms with Gasteiger partial charge in [-0.05, 0) is 12.1 Å². The summed E-state index contributed by atoms with van der Waals surface area (Å²) in [6.45, 7) is -0.0826. The summed E-state index contributed by atoms with van der Waals surface area (Å²) in [5, 5.41) is 0.128. The van der Waals surface area contributed by atoms with Crippen LogP contribution in [-0.2, 0) is 20.6 Å². The molecule has 0 aliphatic carbocycles. The van der Waals surface area contributed by atoms with Gasteiger partial charge in [-0.2, -0.15) is 0 Å². The van der Waals surface area contributed by atoms with Crippen LogP contribution in [0.5, 0.6) is 0 Å². The Labute approximate surface area is 146 Å². The lowest BCUT2D eigenvalue weighted by atomic mass is 9.96. The van der Waals surface area contributed by atoms with Gasteiger partial charge >= 0.3 is 5.69 Å². The number of aromatic nitrogens is 3. The highest BCUT2D eigenvalue weighted by Crippen LogP contribution is 2.37. The van der Waals surface area contributed by atoms with Crippen LogP contribution in [0.25, 0.3) is 22.2 Å². The molecule has 0 spiro atoms. The molecule has 3 aromatic rings. The zero-order chi connectivity index (χ0) is 18.5. The third-order valence-electron chi connectivity index (χ3n) is 4.14. The Morgan fingerprint density at radius 2 is 1.88 bits per heavy atom. The molecule has 2 aromatic heterocycles. The number of anilines is 1. The molecule has 0 saturated heterocycles. The van der Waals surface area contributed by atoms with Crippen molar-refractivity contribution in [2.75, 3.05) is 5.73 Å². The van der Waals surface area contributed by atoms with E-state index in [1.165, 1.54) is 36.9 Å². The SMILES string of the molecule is Cn1c(=O)c2c(-c3c(F)cccc3Cl)c(CN)c(N)nc2n(C)c1=O. The van der Waals surface area contributed by atoms with E-state index in [-0.39, 0.29) is 45.1 Å². The van der Waals surface area contributed by atoms with Gasteiger partial charge in [-0.3, -0.25) is 13.9 Å². The molecule has 2 heterocycles. The number of aryl methyl sites for hydroxylation is 1. The Morgan fingerprint density at radius 1 is 1.20 bits per heavy atom. The van der Waals surface area contributed by atoms with Gasteiger partial charge in [-0.15, -0.1) is 0 Å². The highest BCUT2D eigenvalue weighted by Gasteiger charge is 2.24. The van der Waals surface area contributed by atoms with Crippen LogP contribution in [0.4, 0.5) is 10.2 Å². The van der Waals surface area contributed by atoms with Gasteiger partial charge in [-0.25, -0.2) is 14.2 Å². The van der Waals surface area contributed by atoms with Crippen molar-refractivity contribution in [3.8, 4) is 11.1 Å². The Hall–Kier alpha value is -2.71. The lowest BCUT2D eigenvalue weighted by molar-refractivity contribution is 0.631. The van der Waals surface area contributed by atoms with E-state index in [1.54, 1.807) is 0 Å². The molecule has 130 valence electrons. The quantitative estimate of drug-likeness (QED) is 0.709. The predicted octanol–water partition coefficient (Wildman–Crippen LogP) is 1.13. The number of halogens is 2. The van der Waals surface area contributed by atoms with Crippen LogP contribution in [-0.4, -0.2) is 14.1 Å². The highest BCUT2D eigenvalue weighted by atomic mass is 35.5. The van der Waals surface area contributed by atoms with Crippen LogP contribution >= 0.6 is 11.6 Å². The molecule has 0 radical (unpaired) electrons. The van der Waals surface area contributed by atoms with E-state index < -0.39 is 17.1 Å². The van der Waals surface area contributed by atoms with Crippen molar-refractivity contribution in [1.82, 2.24) is 14.1 Å². The third kappa shape index (κ3) is 2.41. The zero-order valence-corrected chi connectivity index (χ0v) is 14.3. The van der Waals surface area contributed by atoms with Gasteiger partial charge in [0.2, 0.25) is 0 Å². The molecule has 0 aliphatic rings. The summed E-state index contributed by atoms with van der Waals surface area (Å²) >= 11 is 6.19. The fourth-order valence-corrected chi connectivity index (χ4v) is 3.12. The van der Waals surface area contributed by atoms with Gasteiger partial charge < -0.3 is 11.5 Å². The number of hydrogen-bond acceptors (Lipinski definition) is 5. The molecule has 0 atom stereocenters. The Balaban J connectivity index is 2.71. The average Bonchev–Trinajstić information content (AvgIpc) is 2.57. The summed E-state index contributed by atoms with van der Waals surface area (Å²) < 4.78 is 16.6. The Bertz CT molecular complexity index is 1120. The first-order valence-corrected chi connectivity index (χ1v) is 7.69. The van der Waals surface area contributed by atoms with Gasteiger partial charge in [0.25, 0.3) is 5.56 Å². The van der Waals surface area contributed by atoms with Gasteiger partial charge in [0.05, 0.1) is 10.4 Å². The molecule has 3 rings (SSSR count). The topological polar surface area (TPSA) is 109 Å². The van der Waals surface area contributed by atoms with Crippen LogP contribution in [0.3, 0.4) is 0 Å². The average molecular weight is 364 g/mol. The van der Waals surface area contributed by atoms with Crippen LogP contribution in [0, 0.1) is 5.82 Å². The van der Waals surface area contributed by atoms with Crippen molar-refractivity contribution >= 4 is 28.5 Å². The number of nitrogens with two attached hydrogens (primary N) is 2. The second-order valence-corrected chi connectivity index (χ2v) is 5.96. The monoisotopic (exact) mass is 363 g/mol. The Morgan fingerprint density at radius 3 is 2.48 bits per heavy atom. The number of pyridine rings is 1. The first-order chi connectivity index (χ1) is 11.8. The molecular formula is C16H15ClFN5O2. The van der Waals surface area contributed by atoms with Gasteiger partial charge in [0.15, 0.2) is 5.65 Å². The second-order valence-electron chi connectivity index (χ2n) is 5.56. The van der Waals surface area contributed by atoms with Crippen molar-refractivity contribution in [3.05, 3.63) is 55.4 Å². The molecule has 0 aliphatic heterocycles. The van der Waals surface area contributed by atoms with Gasteiger partial charge in [0.1, 0.15) is 11.6 Å². The summed E-state index contributed by atoms with van der Waals surface area (Å²) in [7, 11) is 2.78. The summed E-state index contributed by atoms with van der Waals surface area (Å²) in [5.41, 5.74) is 11.0. The summed E-state index contributed by atoms with van der Waals surface area (Å²) in [4.78, 5) is 29.1. The van der Waals surface area contributed by atoms with Crippen molar-refractivity contribution < 1.29 is 4.39 Å². The van der Waals surface area contributed by atoms with Crippen molar-refractivity contribution in [1.29, 1.82) is 0 Å². The summed E-state index contributed by atoms with van der Waals surface area (Å²) in [6.07, 6.45) is 0. The molecule has 7 nitrogen and oxygen atoms in total. The van der Waals surface area contributed by atoms with E-state index in [1.807, 2.05) is 0 Å². The van der Waals surface area contributed by atoms with Crippen LogP contribution in [0.2, 0.25) is 5.02 Å². The maximum absolute atomic E-state index is 14.6. The third-order valence-corrected chi connectivity index (χ3v) is 4.45. The van der Waals surface area contributed by atoms with Crippen molar-refractivity contribution in [2.24, 2.45) is 19.8 Å². The fraction of sp³-hybridized carbons (Fsp3) is 0.188. The lowest BCUT2D eigenvalue weighted by Gasteiger charge is -2.17. The second kappa shape index (κ2) is 5.98. The van der Waals surface area contributed by atoms with Crippen LogP contribution < -0.4 is 22.7 Å². The van der Waals surface area contributed by atoms with Crippen LogP contribution in [0.1, 0.15) is 5.56 Å². The highest BCUT2D eigenvalue weighted by molar-refractivity contribution is 6.33. The maximum Gasteiger partial charge on any atom is 0.332 e. The molecule has 9 heteroatoms. The van der Waals surface area contributed by atoms with E-state index >= 15 is 0 Å². The molecule has 1 aromatic carbocycles. The standard InChI is InChI=1S/C16H15ClFN5O2/c1-22-14-12(15(24)23(2)16(22)25)10(7(6-19)13(20)21-14)11-8(17)4-3-5-9(11)18/h3-5H,6,19H2,1-2H3,(H2,20,21). The molecule has 25 heavy (non-hydrogen) atoms. The molecule has 0 amide bonds. The maximum atomic E-state index is 14.6. The minimum absolute atomic E-state index is 0.000495. The van der Waals surface area contributed by atoms with Gasteiger partial charge in [0, 0.05) is 37.3 Å². The Kier molecular flexibility index (Phi) is 4.09. The summed E-state index contributed by atoms with van der Waals surface area (Å²) in [5.74, 6) is -0.627. The number of fused-ring (bicyclic) bond motifs is 1. The van der Waals surface area contributed by atoms with Crippen LogP contribution in [0.15, 0.2) is 27.8 Å².